The highest BCUT2D eigenvalue weighted by Crippen LogP contribution is 2.34. The normalized spacial score (nSPS) is 16.0. The summed E-state index contributed by atoms with van der Waals surface area (Å²) >= 11 is 1.52. The Morgan fingerprint density at radius 3 is 2.33 bits per heavy atom. The quantitative estimate of drug-likeness (QED) is 0.542. The van der Waals surface area contributed by atoms with Gasteiger partial charge in [0.05, 0.1) is 31.6 Å². The minimum Gasteiger partial charge on any atom is -0.497 e. The fraction of sp³-hybridized carbons (Fsp3) is 0.458. The van der Waals surface area contributed by atoms with Gasteiger partial charge in [0.25, 0.3) is 0 Å². The van der Waals surface area contributed by atoms with Gasteiger partial charge in [0.15, 0.2) is 11.5 Å². The molecule has 0 bridgehead atoms. The van der Waals surface area contributed by atoms with Gasteiger partial charge in [0, 0.05) is 4.90 Å². The molecule has 1 amide bonds. The predicted octanol–water partition coefficient (Wildman–Crippen LogP) is 5.38. The van der Waals surface area contributed by atoms with Gasteiger partial charge in [-0.15, -0.1) is 11.8 Å². The molecule has 6 heteroatoms. The third-order valence-corrected chi connectivity index (χ3v) is 6.50. The maximum atomic E-state index is 12.7. The smallest absolute Gasteiger partial charge is 0.233 e. The van der Waals surface area contributed by atoms with Crippen LogP contribution in [0, 0.1) is 0 Å². The maximum Gasteiger partial charge on any atom is 0.233 e. The highest BCUT2D eigenvalue weighted by atomic mass is 32.2. The van der Waals surface area contributed by atoms with E-state index in [0.29, 0.717) is 5.75 Å². The van der Waals surface area contributed by atoms with Crippen LogP contribution >= 0.6 is 11.8 Å². The Morgan fingerprint density at radius 1 is 1.00 bits per heavy atom. The molecule has 1 saturated carbocycles. The molecule has 2 atom stereocenters. The molecule has 0 aliphatic heterocycles. The lowest BCUT2D eigenvalue weighted by molar-refractivity contribution is -0.120. The molecular formula is C24H31NO4S. The van der Waals surface area contributed by atoms with Gasteiger partial charge in [-0.05, 0) is 81.5 Å². The van der Waals surface area contributed by atoms with Crippen LogP contribution in [0.4, 0.5) is 0 Å². The lowest BCUT2D eigenvalue weighted by atomic mass is 10.1. The summed E-state index contributed by atoms with van der Waals surface area (Å²) in [4.78, 5) is 13.7. The van der Waals surface area contributed by atoms with Crippen molar-refractivity contribution in [2.24, 2.45) is 0 Å². The number of hydrogen-bond acceptors (Lipinski definition) is 5. The molecule has 0 spiro atoms. The lowest BCUT2D eigenvalue weighted by Gasteiger charge is -2.20. The van der Waals surface area contributed by atoms with E-state index in [0.717, 1.165) is 34.8 Å². The summed E-state index contributed by atoms with van der Waals surface area (Å²) in [6.45, 7) is 3.89. The molecule has 1 fully saturated rings. The predicted molar refractivity (Wildman–Crippen MR) is 121 cm³/mol. The van der Waals surface area contributed by atoms with Crippen molar-refractivity contribution in [3.8, 4) is 17.2 Å². The second-order valence-corrected chi connectivity index (χ2v) is 9.01. The molecule has 0 radical (unpaired) electrons. The molecule has 162 valence electrons. The standard InChI is InChI=1S/C24H31NO4S/c1-16(25-24(26)17(2)30-21-12-10-19(27-3)11-13-21)18-9-14-22(23(15-18)28-4)29-20-7-5-6-8-20/h9-17,20H,5-8H2,1-4H3,(H,25,26). The fourth-order valence-corrected chi connectivity index (χ4v) is 4.44. The largest absolute Gasteiger partial charge is 0.497 e. The monoisotopic (exact) mass is 429 g/mol. The molecular weight excluding hydrogens is 398 g/mol. The Hall–Kier alpha value is -2.34. The number of ether oxygens (including phenoxy) is 3. The zero-order chi connectivity index (χ0) is 21.5. The van der Waals surface area contributed by atoms with E-state index < -0.39 is 0 Å². The lowest BCUT2D eigenvalue weighted by Crippen LogP contribution is -2.33. The summed E-state index contributed by atoms with van der Waals surface area (Å²) < 4.78 is 16.8. The van der Waals surface area contributed by atoms with Gasteiger partial charge >= 0.3 is 0 Å². The zero-order valence-electron chi connectivity index (χ0n) is 18.1. The minimum atomic E-state index is -0.215. The summed E-state index contributed by atoms with van der Waals surface area (Å²) in [5.74, 6) is 2.28. The molecule has 2 unspecified atom stereocenters. The Morgan fingerprint density at radius 2 is 1.70 bits per heavy atom. The van der Waals surface area contributed by atoms with Crippen LogP contribution in [0.3, 0.4) is 0 Å². The number of carbonyl (C=O) groups excluding carboxylic acids is 1. The number of benzene rings is 2. The van der Waals surface area contributed by atoms with Crippen LogP contribution in [0.2, 0.25) is 0 Å². The van der Waals surface area contributed by atoms with Crippen LogP contribution in [-0.2, 0) is 4.79 Å². The van der Waals surface area contributed by atoms with Crippen molar-refractivity contribution < 1.29 is 19.0 Å². The molecule has 30 heavy (non-hydrogen) atoms. The van der Waals surface area contributed by atoms with Crippen LogP contribution in [0.15, 0.2) is 47.4 Å². The first kappa shape index (κ1) is 22.3. The van der Waals surface area contributed by atoms with Gasteiger partial charge < -0.3 is 19.5 Å². The molecule has 3 rings (SSSR count). The summed E-state index contributed by atoms with van der Waals surface area (Å²) in [5.41, 5.74) is 0.987. The van der Waals surface area contributed by atoms with E-state index in [1.54, 1.807) is 14.2 Å². The molecule has 1 aliphatic carbocycles. The molecule has 1 N–H and O–H groups in total. The summed E-state index contributed by atoms with van der Waals surface area (Å²) in [5, 5.41) is 2.89. The van der Waals surface area contributed by atoms with Crippen molar-refractivity contribution in [2.45, 2.75) is 61.8 Å². The van der Waals surface area contributed by atoms with Gasteiger partial charge in [0.1, 0.15) is 5.75 Å². The van der Waals surface area contributed by atoms with E-state index in [9.17, 15) is 4.79 Å². The number of methoxy groups -OCH3 is 2. The Balaban J connectivity index is 1.59. The highest BCUT2D eigenvalue weighted by Gasteiger charge is 2.21. The molecule has 0 aromatic heterocycles. The fourth-order valence-electron chi connectivity index (χ4n) is 3.56. The second-order valence-electron chi connectivity index (χ2n) is 7.60. The molecule has 2 aromatic rings. The van der Waals surface area contributed by atoms with Crippen molar-refractivity contribution in [2.75, 3.05) is 14.2 Å². The SMILES string of the molecule is COc1ccc(SC(C)C(=O)NC(C)c2ccc(OC3CCCC3)c(OC)c2)cc1. The second kappa shape index (κ2) is 10.6. The van der Waals surface area contributed by atoms with E-state index in [1.165, 1.54) is 24.6 Å². The molecule has 0 heterocycles. The maximum absolute atomic E-state index is 12.7. The number of nitrogens with one attached hydrogen (secondary N) is 1. The Bertz CT molecular complexity index is 834. The zero-order valence-corrected chi connectivity index (χ0v) is 19.0. The van der Waals surface area contributed by atoms with Crippen LogP contribution in [-0.4, -0.2) is 31.5 Å². The van der Waals surface area contributed by atoms with Gasteiger partial charge in [-0.3, -0.25) is 4.79 Å². The van der Waals surface area contributed by atoms with Crippen LogP contribution in [0.1, 0.15) is 51.1 Å². The number of amides is 1. The Kier molecular flexibility index (Phi) is 7.91. The molecule has 2 aromatic carbocycles. The van der Waals surface area contributed by atoms with Crippen LogP contribution in [0.25, 0.3) is 0 Å². The third-order valence-electron chi connectivity index (χ3n) is 5.38. The highest BCUT2D eigenvalue weighted by molar-refractivity contribution is 8.00. The van der Waals surface area contributed by atoms with Crippen molar-refractivity contribution in [1.82, 2.24) is 5.32 Å². The summed E-state index contributed by atoms with van der Waals surface area (Å²) in [7, 11) is 3.29. The number of rotatable bonds is 9. The summed E-state index contributed by atoms with van der Waals surface area (Å²) in [6, 6.07) is 13.5. The Labute approximate surface area is 183 Å². The molecule has 0 saturated heterocycles. The number of thioether (sulfide) groups is 1. The van der Waals surface area contributed by atoms with E-state index in [-0.39, 0.29) is 23.3 Å². The first-order chi connectivity index (χ1) is 14.5. The average Bonchev–Trinajstić information content (AvgIpc) is 3.27. The van der Waals surface area contributed by atoms with Crippen LogP contribution in [0.5, 0.6) is 17.2 Å². The van der Waals surface area contributed by atoms with Crippen molar-refractivity contribution in [1.29, 1.82) is 0 Å². The van der Waals surface area contributed by atoms with E-state index >= 15 is 0 Å². The molecule has 5 nitrogen and oxygen atoms in total. The van der Waals surface area contributed by atoms with Gasteiger partial charge in [-0.2, -0.15) is 0 Å². The minimum absolute atomic E-state index is 0.00596. The number of hydrogen-bond donors (Lipinski definition) is 1. The van der Waals surface area contributed by atoms with E-state index in [4.69, 9.17) is 14.2 Å². The van der Waals surface area contributed by atoms with Gasteiger partial charge in [-0.25, -0.2) is 0 Å². The first-order valence-electron chi connectivity index (χ1n) is 10.5. The summed E-state index contributed by atoms with van der Waals surface area (Å²) in [6.07, 6.45) is 4.92. The van der Waals surface area contributed by atoms with E-state index in [2.05, 4.69) is 5.32 Å². The van der Waals surface area contributed by atoms with Gasteiger partial charge in [0.2, 0.25) is 5.91 Å². The van der Waals surface area contributed by atoms with Crippen molar-refractivity contribution in [3.63, 3.8) is 0 Å². The first-order valence-corrected chi connectivity index (χ1v) is 11.3. The van der Waals surface area contributed by atoms with Crippen molar-refractivity contribution >= 4 is 17.7 Å². The van der Waals surface area contributed by atoms with Crippen LogP contribution < -0.4 is 19.5 Å². The van der Waals surface area contributed by atoms with Gasteiger partial charge in [-0.1, -0.05) is 6.07 Å². The third kappa shape index (κ3) is 5.85. The average molecular weight is 430 g/mol. The topological polar surface area (TPSA) is 56.8 Å². The molecule has 1 aliphatic rings. The number of carbonyl (C=O) groups is 1. The van der Waals surface area contributed by atoms with Crippen molar-refractivity contribution in [3.05, 3.63) is 48.0 Å². The van der Waals surface area contributed by atoms with E-state index in [1.807, 2.05) is 56.3 Å².